The van der Waals surface area contributed by atoms with Crippen molar-refractivity contribution in [2.24, 2.45) is 5.92 Å². The van der Waals surface area contributed by atoms with Crippen molar-refractivity contribution in [2.75, 3.05) is 13.1 Å². The summed E-state index contributed by atoms with van der Waals surface area (Å²) in [6.07, 6.45) is 0.871. The van der Waals surface area contributed by atoms with E-state index in [1.165, 1.54) is 24.3 Å². The zero-order valence-corrected chi connectivity index (χ0v) is 13.6. The average molecular weight is 343 g/mol. The highest BCUT2D eigenvalue weighted by molar-refractivity contribution is 5.81. The summed E-state index contributed by atoms with van der Waals surface area (Å²) in [5, 5.41) is 0. The first kappa shape index (κ1) is 16.2. The molecule has 4 nitrogen and oxygen atoms in total. The van der Waals surface area contributed by atoms with Crippen molar-refractivity contribution in [2.45, 2.75) is 18.5 Å². The maximum absolute atomic E-state index is 13.5. The van der Waals surface area contributed by atoms with Crippen LogP contribution < -0.4 is 10.9 Å². The third kappa shape index (κ3) is 3.03. The van der Waals surface area contributed by atoms with Gasteiger partial charge in [0.15, 0.2) is 0 Å². The molecule has 2 aromatic rings. The molecule has 0 spiro atoms. The fourth-order valence-corrected chi connectivity index (χ4v) is 3.64. The van der Waals surface area contributed by atoms with E-state index in [1.54, 1.807) is 18.2 Å². The van der Waals surface area contributed by atoms with Crippen LogP contribution in [0.3, 0.4) is 0 Å². The molecule has 1 amide bonds. The minimum atomic E-state index is -0.314. The minimum Gasteiger partial charge on any atom is -0.335 e. The zero-order chi connectivity index (χ0) is 17.4. The Hall–Kier alpha value is -2.31. The largest absolute Gasteiger partial charge is 0.335 e. The van der Waals surface area contributed by atoms with Crippen molar-refractivity contribution in [1.29, 1.82) is 0 Å². The van der Waals surface area contributed by atoms with Gasteiger partial charge in [0.25, 0.3) is 0 Å². The first-order valence-corrected chi connectivity index (χ1v) is 8.43. The maximum Gasteiger partial charge on any atom is 0.229 e. The number of carbonyl (C=O) groups excluding carboxylic acids is 1. The van der Waals surface area contributed by atoms with Gasteiger partial charge in [0.05, 0.1) is 18.0 Å². The van der Waals surface area contributed by atoms with Crippen molar-refractivity contribution in [3.8, 4) is 0 Å². The molecule has 4 rings (SSSR count). The van der Waals surface area contributed by atoms with Crippen molar-refractivity contribution in [1.82, 2.24) is 15.8 Å². The van der Waals surface area contributed by atoms with Crippen molar-refractivity contribution in [3.05, 3.63) is 71.3 Å². The van der Waals surface area contributed by atoms with E-state index in [0.717, 1.165) is 17.5 Å². The standard InChI is InChI=1S/C19H19F2N3O/c20-14-6-4-12(5-7-14)17-8-9-24(17)19(25)16-11-22-23-18(16)13-2-1-3-15(21)10-13/h1-7,10,16-18,22-23H,8-9,11H2. The zero-order valence-electron chi connectivity index (χ0n) is 13.6. The molecule has 3 atom stereocenters. The van der Waals surface area contributed by atoms with E-state index in [-0.39, 0.29) is 35.5 Å². The van der Waals surface area contributed by atoms with Crippen molar-refractivity contribution >= 4 is 5.91 Å². The number of amides is 1. The Morgan fingerprint density at radius 2 is 1.84 bits per heavy atom. The smallest absolute Gasteiger partial charge is 0.229 e. The van der Waals surface area contributed by atoms with Crippen LogP contribution in [0.5, 0.6) is 0 Å². The average Bonchev–Trinajstić information content (AvgIpc) is 3.05. The molecule has 0 aliphatic carbocycles. The number of hydrogen-bond donors (Lipinski definition) is 2. The van der Waals surface area contributed by atoms with Crippen LogP contribution in [-0.2, 0) is 4.79 Å². The maximum atomic E-state index is 13.5. The summed E-state index contributed by atoms with van der Waals surface area (Å²) in [5.41, 5.74) is 7.80. The van der Waals surface area contributed by atoms with Gasteiger partial charge in [-0.15, -0.1) is 0 Å². The topological polar surface area (TPSA) is 44.4 Å². The predicted molar refractivity (Wildman–Crippen MR) is 89.2 cm³/mol. The van der Waals surface area contributed by atoms with Gasteiger partial charge in [-0.1, -0.05) is 24.3 Å². The van der Waals surface area contributed by atoms with Gasteiger partial charge < -0.3 is 4.90 Å². The second-order valence-corrected chi connectivity index (χ2v) is 6.55. The molecular weight excluding hydrogens is 324 g/mol. The van der Waals surface area contributed by atoms with Gasteiger partial charge in [0.2, 0.25) is 5.91 Å². The van der Waals surface area contributed by atoms with Gasteiger partial charge in [-0.3, -0.25) is 10.2 Å². The van der Waals surface area contributed by atoms with Gasteiger partial charge in [-0.05, 0) is 41.8 Å². The monoisotopic (exact) mass is 343 g/mol. The molecule has 0 aromatic heterocycles. The Morgan fingerprint density at radius 3 is 2.52 bits per heavy atom. The molecule has 0 bridgehead atoms. The molecule has 2 N–H and O–H groups in total. The highest BCUT2D eigenvalue weighted by atomic mass is 19.1. The molecule has 2 heterocycles. The summed E-state index contributed by atoms with van der Waals surface area (Å²) in [4.78, 5) is 14.9. The number of hydrazine groups is 1. The number of likely N-dealkylation sites (tertiary alicyclic amines) is 1. The number of nitrogens with zero attached hydrogens (tertiary/aromatic N) is 1. The van der Waals surface area contributed by atoms with Crippen LogP contribution in [0.4, 0.5) is 8.78 Å². The normalized spacial score (nSPS) is 25.7. The first-order valence-electron chi connectivity index (χ1n) is 8.43. The predicted octanol–water partition coefficient (Wildman–Crippen LogP) is 2.70. The fourth-order valence-electron chi connectivity index (χ4n) is 3.64. The first-order chi connectivity index (χ1) is 12.1. The van der Waals surface area contributed by atoms with Gasteiger partial charge in [0, 0.05) is 13.1 Å². The number of halogens is 2. The Balaban J connectivity index is 1.52. The van der Waals surface area contributed by atoms with Crippen LogP contribution in [0.15, 0.2) is 48.5 Å². The summed E-state index contributed by atoms with van der Waals surface area (Å²) in [7, 11) is 0. The molecule has 2 fully saturated rings. The number of rotatable bonds is 3. The second-order valence-electron chi connectivity index (χ2n) is 6.55. The molecule has 2 aliphatic heterocycles. The number of nitrogens with one attached hydrogen (secondary N) is 2. The van der Waals surface area contributed by atoms with E-state index in [4.69, 9.17) is 0 Å². The van der Waals surface area contributed by atoms with Crippen LogP contribution in [0.25, 0.3) is 0 Å². The van der Waals surface area contributed by atoms with Crippen LogP contribution in [0.2, 0.25) is 0 Å². The molecule has 2 aromatic carbocycles. The fraction of sp³-hybridized carbons (Fsp3) is 0.316. The lowest BCUT2D eigenvalue weighted by molar-refractivity contribution is -0.143. The quantitative estimate of drug-likeness (QED) is 0.901. The van der Waals surface area contributed by atoms with Crippen molar-refractivity contribution in [3.63, 3.8) is 0 Å². The Kier molecular flexibility index (Phi) is 4.23. The van der Waals surface area contributed by atoms with Crippen molar-refractivity contribution < 1.29 is 13.6 Å². The second kappa shape index (κ2) is 6.54. The summed E-state index contributed by atoms with van der Waals surface area (Å²) < 4.78 is 26.6. The molecule has 2 saturated heterocycles. The lowest BCUT2D eigenvalue weighted by atomic mass is 9.88. The Morgan fingerprint density at radius 1 is 1.04 bits per heavy atom. The summed E-state index contributed by atoms with van der Waals surface area (Å²) in [6.45, 7) is 1.18. The van der Waals surface area contributed by atoms with E-state index in [9.17, 15) is 13.6 Å². The molecular formula is C19H19F2N3O. The molecule has 3 unspecified atom stereocenters. The van der Waals surface area contributed by atoms with Gasteiger partial charge in [0.1, 0.15) is 11.6 Å². The number of benzene rings is 2. The van der Waals surface area contributed by atoms with Gasteiger partial charge >= 0.3 is 0 Å². The molecule has 6 heteroatoms. The highest BCUT2D eigenvalue weighted by Gasteiger charge is 2.42. The minimum absolute atomic E-state index is 0.0122. The van der Waals surface area contributed by atoms with E-state index in [0.29, 0.717) is 13.1 Å². The highest BCUT2D eigenvalue weighted by Crippen LogP contribution is 2.37. The molecule has 0 radical (unpaired) electrons. The lowest BCUT2D eigenvalue weighted by Gasteiger charge is -2.43. The molecule has 25 heavy (non-hydrogen) atoms. The molecule has 2 aliphatic rings. The van der Waals surface area contributed by atoms with Crippen LogP contribution >= 0.6 is 0 Å². The molecule has 130 valence electrons. The number of carbonyl (C=O) groups is 1. The molecule has 0 saturated carbocycles. The van der Waals surface area contributed by atoms with E-state index >= 15 is 0 Å². The Labute approximate surface area is 144 Å². The third-order valence-corrected chi connectivity index (χ3v) is 5.06. The van der Waals surface area contributed by atoms with Gasteiger partial charge in [-0.2, -0.15) is 0 Å². The van der Waals surface area contributed by atoms with Crippen LogP contribution in [0, 0.1) is 17.6 Å². The third-order valence-electron chi connectivity index (χ3n) is 5.06. The van der Waals surface area contributed by atoms with Gasteiger partial charge in [-0.25, -0.2) is 14.2 Å². The SMILES string of the molecule is O=C(C1CNNC1c1cccc(F)c1)N1CCC1c1ccc(F)cc1. The lowest BCUT2D eigenvalue weighted by Crippen LogP contribution is -2.49. The van der Waals surface area contributed by atoms with Crippen LogP contribution in [-0.4, -0.2) is 23.9 Å². The van der Waals surface area contributed by atoms with Crippen LogP contribution in [0.1, 0.15) is 29.6 Å². The summed E-state index contributed by atoms with van der Waals surface area (Å²) >= 11 is 0. The Bertz CT molecular complexity index is 780. The summed E-state index contributed by atoms with van der Waals surface area (Å²) in [5.74, 6) is -0.862. The number of hydrogen-bond acceptors (Lipinski definition) is 3. The summed E-state index contributed by atoms with van der Waals surface area (Å²) in [6, 6.07) is 12.3. The van der Waals surface area contributed by atoms with E-state index in [1.807, 2.05) is 11.0 Å². The van der Waals surface area contributed by atoms with E-state index < -0.39 is 0 Å². The van der Waals surface area contributed by atoms with E-state index in [2.05, 4.69) is 10.9 Å².